The van der Waals surface area contributed by atoms with Gasteiger partial charge in [-0.25, -0.2) is 9.67 Å². The van der Waals surface area contributed by atoms with Gasteiger partial charge in [0, 0.05) is 39.8 Å². The summed E-state index contributed by atoms with van der Waals surface area (Å²) in [7, 11) is 2.14. The summed E-state index contributed by atoms with van der Waals surface area (Å²) in [6, 6.07) is 26.9. The van der Waals surface area contributed by atoms with Gasteiger partial charge in [-0.2, -0.15) is 5.10 Å². The van der Waals surface area contributed by atoms with Crippen molar-refractivity contribution in [1.29, 1.82) is 0 Å². The van der Waals surface area contributed by atoms with E-state index in [1.165, 1.54) is 16.9 Å². The Kier molecular flexibility index (Phi) is 5.79. The van der Waals surface area contributed by atoms with Crippen LogP contribution in [0.1, 0.15) is 25.1 Å². The van der Waals surface area contributed by atoms with Gasteiger partial charge in [0.05, 0.1) is 28.6 Å². The molecule has 0 spiro atoms. The third kappa shape index (κ3) is 3.67. The summed E-state index contributed by atoms with van der Waals surface area (Å²) in [6.07, 6.45) is -0.643. The molecule has 186 valence electrons. The molecule has 4 aromatic rings. The second kappa shape index (κ2) is 8.80. The number of likely N-dealkylation sites (N-methyl/N-ethyl adjacent to an activating group) is 1. The highest BCUT2D eigenvalue weighted by atomic mass is 79.9. The molecule has 0 aliphatic carbocycles. The molecule has 1 aromatic heterocycles. The third-order valence-corrected chi connectivity index (χ3v) is 12.0. The zero-order valence-corrected chi connectivity index (χ0v) is 24.4. The first-order chi connectivity index (χ1) is 17.7. The molecular weight excluding hydrogens is 561 g/mol. The highest BCUT2D eigenvalue weighted by Gasteiger charge is 2.45. The predicted molar refractivity (Wildman–Crippen MR) is 163 cm³/mol. The number of halogens is 1. The molecule has 6 rings (SSSR count). The van der Waals surface area contributed by atoms with Gasteiger partial charge in [-0.3, -0.25) is 0 Å². The van der Waals surface area contributed by atoms with Crippen LogP contribution in [0, 0.1) is 6.92 Å². The van der Waals surface area contributed by atoms with E-state index < -0.39 is 6.19 Å². The van der Waals surface area contributed by atoms with Gasteiger partial charge in [0.2, 0.25) is 0 Å². The van der Waals surface area contributed by atoms with E-state index in [-0.39, 0.29) is 5.41 Å². The highest BCUT2D eigenvalue weighted by Crippen LogP contribution is 2.62. The molecule has 1 atom stereocenters. The second-order valence-electron chi connectivity index (χ2n) is 9.90. The topological polar surface area (TPSA) is 45.5 Å². The quantitative estimate of drug-likeness (QED) is 0.253. The van der Waals surface area contributed by atoms with E-state index in [9.17, 15) is 0 Å². The van der Waals surface area contributed by atoms with E-state index in [0.717, 1.165) is 38.0 Å². The number of rotatable bonds is 3. The number of fused-ring (bicyclic) bond motifs is 2. The molecule has 0 bridgehead atoms. The van der Waals surface area contributed by atoms with E-state index >= 15 is 0 Å². The average molecular weight is 589 g/mol. The predicted octanol–water partition coefficient (Wildman–Crippen LogP) is 7.43. The molecule has 0 fully saturated rings. The summed E-state index contributed by atoms with van der Waals surface area (Å²) < 4.78 is 2.90. The molecule has 5 nitrogen and oxygen atoms in total. The first-order valence-corrected chi connectivity index (χ1v) is 15.7. The Labute approximate surface area is 231 Å². The Balaban J connectivity index is 1.65. The zero-order chi connectivity index (χ0) is 25.9. The summed E-state index contributed by atoms with van der Waals surface area (Å²) >= 11 is 10.5. The fourth-order valence-corrected chi connectivity index (χ4v) is 10.3. The molecule has 0 amide bonds. The van der Waals surface area contributed by atoms with Crippen molar-refractivity contribution < 1.29 is 0 Å². The van der Waals surface area contributed by atoms with Crippen LogP contribution in [0.3, 0.4) is 0 Å². The highest BCUT2D eigenvalue weighted by molar-refractivity contribution is 9.10. The first kappa shape index (κ1) is 24.4. The summed E-state index contributed by atoms with van der Waals surface area (Å²) in [6.45, 7) is 6.60. The summed E-state index contributed by atoms with van der Waals surface area (Å²) in [5.74, 6) is 0.798. The van der Waals surface area contributed by atoms with Crippen molar-refractivity contribution in [2.24, 2.45) is 4.99 Å². The van der Waals surface area contributed by atoms with Crippen LogP contribution in [0.2, 0.25) is 0 Å². The number of aryl methyl sites for hydroxylation is 1. The van der Waals surface area contributed by atoms with Gasteiger partial charge in [0.1, 0.15) is 0 Å². The lowest BCUT2D eigenvalue weighted by Gasteiger charge is -2.35. The molecule has 2 aliphatic rings. The fourth-order valence-electron chi connectivity index (χ4n) is 5.57. The Bertz CT molecular complexity index is 1650. The van der Waals surface area contributed by atoms with Gasteiger partial charge in [0.15, 0.2) is 5.82 Å². The third-order valence-electron chi connectivity index (χ3n) is 7.23. The standard InChI is InChI=1S/C29H27BrN5PS/c1-19-26-28(35(32-19)20-12-6-5-7-13-20)31-18-25(36(26,37)33-23-16-10-9-15-22(23)30)27-29(2,3)21-14-8-11-17-24(21)34(27)4/h5-18H,1-4H3,(H,33,37). The fraction of sp³-hybridized carbons (Fsp3) is 0.172. The maximum absolute atomic E-state index is 6.78. The van der Waals surface area contributed by atoms with Crippen molar-refractivity contribution in [3.8, 4) is 5.69 Å². The summed E-state index contributed by atoms with van der Waals surface area (Å²) in [5, 5.41) is 10.9. The van der Waals surface area contributed by atoms with Crippen molar-refractivity contribution in [3.05, 3.63) is 106 Å². The largest absolute Gasteiger partial charge is 0.350 e. The minimum atomic E-state index is -2.64. The SMILES string of the molecule is Cc1nn(-c2ccccc2)c2c1P(=S)(Nc1ccccc1Br)C(=C1N(C)c3ccccc3C1(C)C)C=N2. The van der Waals surface area contributed by atoms with Crippen molar-refractivity contribution in [1.82, 2.24) is 9.78 Å². The smallest absolute Gasteiger partial charge is 0.166 e. The van der Waals surface area contributed by atoms with E-state index in [1.54, 1.807) is 0 Å². The maximum atomic E-state index is 6.78. The molecule has 1 N–H and O–H groups in total. The molecular formula is C29H27BrN5PS. The van der Waals surface area contributed by atoms with E-state index in [2.05, 4.69) is 77.1 Å². The van der Waals surface area contributed by atoms with Crippen LogP contribution < -0.4 is 15.3 Å². The number of aliphatic imine (C=N–C) groups is 1. The lowest BCUT2D eigenvalue weighted by atomic mass is 9.84. The van der Waals surface area contributed by atoms with Gasteiger partial charge < -0.3 is 9.99 Å². The van der Waals surface area contributed by atoms with E-state index in [4.69, 9.17) is 21.9 Å². The Morgan fingerprint density at radius 1 is 0.946 bits per heavy atom. The minimum Gasteiger partial charge on any atom is -0.350 e. The number of aromatic nitrogens is 2. The van der Waals surface area contributed by atoms with Gasteiger partial charge in [-0.05, 0) is 58.7 Å². The molecule has 8 heteroatoms. The van der Waals surface area contributed by atoms with Crippen LogP contribution >= 0.6 is 22.1 Å². The van der Waals surface area contributed by atoms with Crippen LogP contribution in [0.15, 0.2) is 99.3 Å². The Morgan fingerprint density at radius 2 is 1.62 bits per heavy atom. The minimum absolute atomic E-state index is 0.243. The zero-order valence-electron chi connectivity index (χ0n) is 21.1. The summed E-state index contributed by atoms with van der Waals surface area (Å²) in [4.78, 5) is 7.33. The van der Waals surface area contributed by atoms with Crippen molar-refractivity contribution in [2.75, 3.05) is 17.0 Å². The second-order valence-corrected chi connectivity index (χ2v) is 14.8. The molecule has 0 saturated carbocycles. The van der Waals surface area contributed by atoms with Gasteiger partial charge in [-0.15, -0.1) is 0 Å². The van der Waals surface area contributed by atoms with Crippen LogP contribution in [0.25, 0.3) is 5.69 Å². The molecule has 0 saturated heterocycles. The lowest BCUT2D eigenvalue weighted by Crippen LogP contribution is -2.29. The van der Waals surface area contributed by atoms with Crippen LogP contribution in [0.5, 0.6) is 0 Å². The molecule has 3 aromatic carbocycles. The molecule has 1 unspecified atom stereocenters. The normalized spacial score (nSPS) is 21.6. The number of hydrogen-bond acceptors (Lipinski definition) is 4. The van der Waals surface area contributed by atoms with Gasteiger partial charge in [0.25, 0.3) is 0 Å². The van der Waals surface area contributed by atoms with Crippen LogP contribution in [-0.2, 0) is 17.2 Å². The maximum Gasteiger partial charge on any atom is 0.166 e. The molecule has 0 radical (unpaired) electrons. The van der Waals surface area contributed by atoms with E-state index in [0.29, 0.717) is 0 Å². The van der Waals surface area contributed by atoms with Crippen LogP contribution in [0.4, 0.5) is 17.2 Å². The number of allylic oxidation sites excluding steroid dienone is 2. The van der Waals surface area contributed by atoms with Gasteiger partial charge in [-0.1, -0.05) is 74.2 Å². The van der Waals surface area contributed by atoms with Crippen molar-refractivity contribution in [2.45, 2.75) is 26.2 Å². The first-order valence-electron chi connectivity index (χ1n) is 12.1. The van der Waals surface area contributed by atoms with Crippen molar-refractivity contribution >= 4 is 62.6 Å². The number of hydrogen-bond donors (Lipinski definition) is 1. The molecule has 37 heavy (non-hydrogen) atoms. The van der Waals surface area contributed by atoms with Gasteiger partial charge >= 0.3 is 0 Å². The number of nitrogens with zero attached hydrogens (tertiary/aromatic N) is 4. The molecule has 2 aliphatic heterocycles. The van der Waals surface area contributed by atoms with Crippen LogP contribution in [-0.4, -0.2) is 23.0 Å². The number of para-hydroxylation sites is 3. The average Bonchev–Trinajstić information content (AvgIpc) is 3.34. The number of nitrogens with one attached hydrogen (secondary N) is 1. The lowest BCUT2D eigenvalue weighted by molar-refractivity contribution is 0.639. The van der Waals surface area contributed by atoms with E-state index in [1.807, 2.05) is 66.4 Å². The monoisotopic (exact) mass is 587 g/mol. The van der Waals surface area contributed by atoms with Crippen molar-refractivity contribution in [3.63, 3.8) is 0 Å². The molecule has 3 heterocycles. The Morgan fingerprint density at radius 3 is 2.35 bits per heavy atom. The number of anilines is 2. The Hall–Kier alpha value is -2.99. The number of benzene rings is 3. The summed E-state index contributed by atoms with van der Waals surface area (Å²) in [5.41, 5.74) is 6.26.